The second-order valence-corrected chi connectivity index (χ2v) is 3.79. The van der Waals surface area contributed by atoms with E-state index in [0.717, 1.165) is 16.3 Å². The van der Waals surface area contributed by atoms with Crippen LogP contribution in [0.2, 0.25) is 5.15 Å². The maximum absolute atomic E-state index is 5.81. The van der Waals surface area contributed by atoms with Crippen LogP contribution in [-0.2, 0) is 0 Å². The van der Waals surface area contributed by atoms with Gasteiger partial charge in [0.15, 0.2) is 0 Å². The summed E-state index contributed by atoms with van der Waals surface area (Å²) in [4.78, 5) is 4.02. The van der Waals surface area contributed by atoms with Crippen LogP contribution in [0.25, 0.3) is 10.8 Å². The number of hydrogen-bond acceptors (Lipinski definition) is 2. The number of nitrogens with zero attached hydrogens (tertiary/aromatic N) is 1. The van der Waals surface area contributed by atoms with Crippen molar-refractivity contribution in [3.05, 3.63) is 41.2 Å². The van der Waals surface area contributed by atoms with E-state index in [1.807, 2.05) is 31.2 Å². The van der Waals surface area contributed by atoms with E-state index in [-0.39, 0.29) is 6.04 Å². The van der Waals surface area contributed by atoms with Crippen molar-refractivity contribution in [3.63, 3.8) is 0 Å². The van der Waals surface area contributed by atoms with Crippen LogP contribution < -0.4 is 5.73 Å². The fourth-order valence-corrected chi connectivity index (χ4v) is 1.58. The van der Waals surface area contributed by atoms with Gasteiger partial charge in [-0.1, -0.05) is 23.7 Å². The van der Waals surface area contributed by atoms with Crippen LogP contribution in [-0.4, -0.2) is 4.98 Å². The Morgan fingerprint density at radius 3 is 2.79 bits per heavy atom. The molecule has 14 heavy (non-hydrogen) atoms. The fraction of sp³-hybridized carbons (Fsp3) is 0.182. The van der Waals surface area contributed by atoms with Crippen LogP contribution >= 0.6 is 11.6 Å². The number of nitrogens with two attached hydrogens (primary N) is 1. The lowest BCUT2D eigenvalue weighted by molar-refractivity contribution is 0.820. The molecule has 72 valence electrons. The van der Waals surface area contributed by atoms with Crippen molar-refractivity contribution < 1.29 is 0 Å². The summed E-state index contributed by atoms with van der Waals surface area (Å²) in [7, 11) is 0. The highest BCUT2D eigenvalue weighted by molar-refractivity contribution is 6.30. The Morgan fingerprint density at radius 1 is 1.29 bits per heavy atom. The average Bonchev–Trinajstić information content (AvgIpc) is 2.16. The zero-order valence-corrected chi connectivity index (χ0v) is 8.62. The minimum Gasteiger partial charge on any atom is -0.324 e. The molecule has 0 unspecified atom stereocenters. The van der Waals surface area contributed by atoms with Crippen LogP contribution in [0.5, 0.6) is 0 Å². The highest BCUT2D eigenvalue weighted by Gasteiger charge is 2.01. The van der Waals surface area contributed by atoms with E-state index >= 15 is 0 Å². The van der Waals surface area contributed by atoms with Gasteiger partial charge in [-0.25, -0.2) is 4.98 Å². The van der Waals surface area contributed by atoms with E-state index in [0.29, 0.717) is 5.15 Å². The Hall–Kier alpha value is -1.12. The third-order valence-electron chi connectivity index (χ3n) is 2.24. The first-order chi connectivity index (χ1) is 6.66. The van der Waals surface area contributed by atoms with Gasteiger partial charge in [0.2, 0.25) is 0 Å². The van der Waals surface area contributed by atoms with Gasteiger partial charge in [-0.3, -0.25) is 0 Å². The number of pyridine rings is 1. The Morgan fingerprint density at radius 2 is 2.07 bits per heavy atom. The van der Waals surface area contributed by atoms with Crippen LogP contribution in [0.4, 0.5) is 0 Å². The van der Waals surface area contributed by atoms with Crippen LogP contribution in [0, 0.1) is 0 Å². The van der Waals surface area contributed by atoms with Crippen molar-refractivity contribution in [1.82, 2.24) is 4.98 Å². The molecule has 1 heterocycles. The summed E-state index contributed by atoms with van der Waals surface area (Å²) in [6.07, 6.45) is 1.77. The number of benzene rings is 1. The maximum Gasteiger partial charge on any atom is 0.129 e. The van der Waals surface area contributed by atoms with Crippen LogP contribution in [0.1, 0.15) is 18.5 Å². The summed E-state index contributed by atoms with van der Waals surface area (Å²) in [5.74, 6) is 0. The van der Waals surface area contributed by atoms with E-state index in [9.17, 15) is 0 Å². The summed E-state index contributed by atoms with van der Waals surface area (Å²) < 4.78 is 0. The molecular weight excluding hydrogens is 196 g/mol. The van der Waals surface area contributed by atoms with Crippen molar-refractivity contribution in [2.75, 3.05) is 0 Å². The Labute approximate surface area is 87.7 Å². The number of fused-ring (bicyclic) bond motifs is 1. The summed E-state index contributed by atoms with van der Waals surface area (Å²) in [5.41, 5.74) is 6.91. The molecule has 0 saturated heterocycles. The molecule has 2 rings (SSSR count). The van der Waals surface area contributed by atoms with Crippen molar-refractivity contribution in [1.29, 1.82) is 0 Å². The second-order valence-electron chi connectivity index (χ2n) is 3.40. The third-order valence-corrected chi connectivity index (χ3v) is 2.44. The number of aromatic nitrogens is 1. The first kappa shape index (κ1) is 9.44. The van der Waals surface area contributed by atoms with E-state index in [4.69, 9.17) is 17.3 Å². The lowest BCUT2D eigenvalue weighted by Crippen LogP contribution is -2.04. The van der Waals surface area contributed by atoms with Crippen molar-refractivity contribution in [2.24, 2.45) is 5.73 Å². The second kappa shape index (κ2) is 3.56. The van der Waals surface area contributed by atoms with E-state index < -0.39 is 0 Å². The number of rotatable bonds is 1. The minimum atomic E-state index is 0.0475. The molecule has 0 aliphatic carbocycles. The molecule has 0 spiro atoms. The molecule has 0 bridgehead atoms. The Bertz CT molecular complexity index is 466. The molecular formula is C11H11ClN2. The molecule has 3 heteroatoms. The minimum absolute atomic E-state index is 0.0475. The van der Waals surface area contributed by atoms with E-state index in [2.05, 4.69) is 4.98 Å². The lowest BCUT2D eigenvalue weighted by atomic mass is 10.1. The molecule has 0 aliphatic heterocycles. The van der Waals surface area contributed by atoms with Gasteiger partial charge in [0, 0.05) is 17.6 Å². The molecule has 0 amide bonds. The molecule has 2 N–H and O–H groups in total. The predicted molar refractivity (Wildman–Crippen MR) is 59.4 cm³/mol. The van der Waals surface area contributed by atoms with Crippen molar-refractivity contribution in [2.45, 2.75) is 13.0 Å². The van der Waals surface area contributed by atoms with E-state index in [1.165, 1.54) is 0 Å². The van der Waals surface area contributed by atoms with Crippen LogP contribution in [0.3, 0.4) is 0 Å². The fourth-order valence-electron chi connectivity index (χ4n) is 1.42. The Balaban J connectivity index is 2.63. The first-order valence-corrected chi connectivity index (χ1v) is 4.85. The van der Waals surface area contributed by atoms with Gasteiger partial charge in [-0.2, -0.15) is 0 Å². The Kier molecular flexibility index (Phi) is 2.40. The smallest absolute Gasteiger partial charge is 0.129 e. The van der Waals surface area contributed by atoms with Gasteiger partial charge in [0.25, 0.3) is 0 Å². The van der Waals surface area contributed by atoms with Gasteiger partial charge in [-0.15, -0.1) is 0 Å². The lowest BCUT2D eigenvalue weighted by Gasteiger charge is -2.06. The molecule has 0 fully saturated rings. The van der Waals surface area contributed by atoms with E-state index in [1.54, 1.807) is 6.20 Å². The molecule has 2 aromatic rings. The van der Waals surface area contributed by atoms with Crippen molar-refractivity contribution >= 4 is 22.4 Å². The first-order valence-electron chi connectivity index (χ1n) is 4.47. The van der Waals surface area contributed by atoms with Gasteiger partial charge in [0.05, 0.1) is 0 Å². The zero-order chi connectivity index (χ0) is 10.1. The van der Waals surface area contributed by atoms with Crippen molar-refractivity contribution in [3.8, 4) is 0 Å². The standard InChI is InChI=1S/C11H11ClN2/c1-7(13)8-2-3-9-6-14-11(12)5-10(9)4-8/h2-7H,13H2,1H3/t7-/m1/s1. The normalized spacial score (nSPS) is 13.1. The molecule has 1 atom stereocenters. The summed E-state index contributed by atoms with van der Waals surface area (Å²) in [6.45, 7) is 1.96. The van der Waals surface area contributed by atoms with Gasteiger partial charge in [0.1, 0.15) is 5.15 Å². The monoisotopic (exact) mass is 206 g/mol. The maximum atomic E-state index is 5.81. The predicted octanol–water partition coefficient (Wildman–Crippen LogP) is 2.91. The van der Waals surface area contributed by atoms with Gasteiger partial charge >= 0.3 is 0 Å². The molecule has 2 nitrogen and oxygen atoms in total. The SMILES string of the molecule is C[C@@H](N)c1ccc2cnc(Cl)cc2c1. The molecule has 0 saturated carbocycles. The molecule has 0 radical (unpaired) electrons. The number of hydrogen-bond donors (Lipinski definition) is 1. The third kappa shape index (κ3) is 1.72. The van der Waals surface area contributed by atoms with Gasteiger partial charge < -0.3 is 5.73 Å². The van der Waals surface area contributed by atoms with Crippen LogP contribution in [0.15, 0.2) is 30.5 Å². The topological polar surface area (TPSA) is 38.9 Å². The largest absolute Gasteiger partial charge is 0.324 e. The molecule has 1 aromatic heterocycles. The highest BCUT2D eigenvalue weighted by Crippen LogP contribution is 2.20. The summed E-state index contributed by atoms with van der Waals surface area (Å²) in [6, 6.07) is 7.97. The quantitative estimate of drug-likeness (QED) is 0.729. The zero-order valence-electron chi connectivity index (χ0n) is 7.87. The summed E-state index contributed by atoms with van der Waals surface area (Å²) >= 11 is 5.81. The molecule has 1 aromatic carbocycles. The average molecular weight is 207 g/mol. The summed E-state index contributed by atoms with van der Waals surface area (Å²) in [5, 5.41) is 2.68. The highest BCUT2D eigenvalue weighted by atomic mass is 35.5. The molecule has 0 aliphatic rings. The number of halogens is 1. The van der Waals surface area contributed by atoms with Gasteiger partial charge in [-0.05, 0) is 30.0 Å².